The van der Waals surface area contributed by atoms with Crippen molar-refractivity contribution in [3.8, 4) is 11.5 Å². The van der Waals surface area contributed by atoms with E-state index in [2.05, 4.69) is 0 Å². The number of hydrogen-bond acceptors (Lipinski definition) is 6. The highest BCUT2D eigenvalue weighted by molar-refractivity contribution is 5.76. The van der Waals surface area contributed by atoms with Gasteiger partial charge in [-0.05, 0) is 47.9 Å². The van der Waals surface area contributed by atoms with E-state index in [0.29, 0.717) is 30.0 Å². The number of hydrogen-bond donors (Lipinski definition) is 1. The third-order valence-electron chi connectivity index (χ3n) is 5.87. The summed E-state index contributed by atoms with van der Waals surface area (Å²) in [6.45, 7) is 1.93. The Morgan fingerprint density at radius 3 is 2.70 bits per heavy atom. The maximum Gasteiger partial charge on any atom is 0.323 e. The van der Waals surface area contributed by atoms with E-state index in [4.69, 9.17) is 28.2 Å². The van der Waals surface area contributed by atoms with E-state index < -0.39 is 49.2 Å². The van der Waals surface area contributed by atoms with Crippen LogP contribution in [0, 0.1) is 17.7 Å². The van der Waals surface area contributed by atoms with Crippen molar-refractivity contribution >= 4 is 5.97 Å². The molecule has 2 N–H and O–H groups in total. The quantitative estimate of drug-likeness (QED) is 0.673. The molecule has 1 fully saturated rings. The number of benzene rings is 1. The Balaban J connectivity index is 2.11. The zero-order chi connectivity index (χ0) is 28.1. The fourth-order valence-electron chi connectivity index (χ4n) is 4.13. The summed E-state index contributed by atoms with van der Waals surface area (Å²) >= 11 is 0. The highest BCUT2D eigenvalue weighted by atomic mass is 16.5. The molecule has 1 aromatic carbocycles. The molecule has 5 atom stereocenters. The summed E-state index contributed by atoms with van der Waals surface area (Å²) in [7, 11) is 3.02. The molecule has 2 heterocycles. The molecule has 0 spiro atoms. The molecular formula is C24H38N2O4. The number of piperidine rings is 1. The van der Waals surface area contributed by atoms with Gasteiger partial charge in [0.15, 0.2) is 11.5 Å². The molecule has 0 bridgehead atoms. The van der Waals surface area contributed by atoms with Gasteiger partial charge in [0.2, 0.25) is 0 Å². The Hall–Kier alpha value is -1.79. The van der Waals surface area contributed by atoms with Crippen LogP contribution in [0.4, 0.5) is 0 Å². The number of rotatable bonds is 7. The largest absolute Gasteiger partial charge is 0.493 e. The number of carbonyl (C=O) groups is 1. The lowest BCUT2D eigenvalue weighted by molar-refractivity contribution is -0.160. The monoisotopic (exact) mass is 425 g/mol. The Labute approximate surface area is 190 Å². The van der Waals surface area contributed by atoms with Gasteiger partial charge in [-0.3, -0.25) is 9.69 Å². The second kappa shape index (κ2) is 9.56. The van der Waals surface area contributed by atoms with E-state index >= 15 is 0 Å². The second-order valence-electron chi connectivity index (χ2n) is 8.33. The van der Waals surface area contributed by atoms with Crippen molar-refractivity contribution in [2.45, 2.75) is 65.0 Å². The first-order chi connectivity index (χ1) is 16.9. The van der Waals surface area contributed by atoms with Gasteiger partial charge in [0.1, 0.15) is 12.1 Å². The molecule has 30 heavy (non-hydrogen) atoms. The van der Waals surface area contributed by atoms with Crippen LogP contribution in [-0.2, 0) is 16.0 Å². The molecule has 0 saturated carbocycles. The minimum atomic E-state index is -2.94. The van der Waals surface area contributed by atoms with Crippen molar-refractivity contribution in [1.82, 2.24) is 4.90 Å². The van der Waals surface area contributed by atoms with Crippen molar-refractivity contribution < 1.29 is 28.6 Å². The van der Waals surface area contributed by atoms with Gasteiger partial charge in [-0.25, -0.2) is 0 Å². The third-order valence-corrected chi connectivity index (χ3v) is 5.87. The van der Waals surface area contributed by atoms with Crippen LogP contribution in [-0.4, -0.2) is 50.3 Å². The van der Waals surface area contributed by atoms with Crippen molar-refractivity contribution in [3.63, 3.8) is 0 Å². The zero-order valence-electron chi connectivity index (χ0n) is 25.5. The summed E-state index contributed by atoms with van der Waals surface area (Å²) in [6.07, 6.45) is -3.36. The van der Waals surface area contributed by atoms with E-state index in [1.165, 1.54) is 14.2 Å². The Bertz CT molecular complexity index is 1020. The fraction of sp³-hybridized carbons (Fsp3) is 0.708. The van der Waals surface area contributed by atoms with Crippen LogP contribution in [0.1, 0.15) is 67.2 Å². The second-order valence-corrected chi connectivity index (χ2v) is 8.33. The topological polar surface area (TPSA) is 74.0 Å². The van der Waals surface area contributed by atoms with Crippen LogP contribution >= 0.6 is 0 Å². The van der Waals surface area contributed by atoms with Gasteiger partial charge in [-0.1, -0.05) is 27.6 Å². The molecule has 6 nitrogen and oxygen atoms in total. The summed E-state index contributed by atoms with van der Waals surface area (Å²) in [4.78, 5) is 14.7. The van der Waals surface area contributed by atoms with Crippen molar-refractivity contribution in [1.29, 1.82) is 0 Å². The van der Waals surface area contributed by atoms with Gasteiger partial charge < -0.3 is 19.9 Å². The van der Waals surface area contributed by atoms with E-state index in [-0.39, 0.29) is 18.9 Å². The molecular weight excluding hydrogens is 380 g/mol. The number of carbonyl (C=O) groups excluding carboxylic acids is 1. The first-order valence-electron chi connectivity index (χ1n) is 13.9. The maximum atomic E-state index is 12.9. The first-order valence-corrected chi connectivity index (χ1v) is 10.4. The van der Waals surface area contributed by atoms with Gasteiger partial charge in [0.25, 0.3) is 0 Å². The van der Waals surface area contributed by atoms with E-state index in [0.717, 1.165) is 12.5 Å². The molecule has 168 valence electrons. The average Bonchev–Trinajstić information content (AvgIpc) is 2.80. The van der Waals surface area contributed by atoms with Crippen molar-refractivity contribution in [2.75, 3.05) is 27.3 Å². The summed E-state index contributed by atoms with van der Waals surface area (Å²) in [5, 5.41) is 0. The summed E-state index contributed by atoms with van der Waals surface area (Å²) in [6, 6.07) is 1.15. The fourth-order valence-corrected chi connectivity index (χ4v) is 4.13. The molecule has 0 radical (unpaired) electrons. The lowest BCUT2D eigenvalue weighted by atomic mass is 9.79. The van der Waals surface area contributed by atoms with Gasteiger partial charge in [0.05, 0.1) is 15.6 Å². The number of fused-ring (bicyclic) bond motifs is 3. The number of methoxy groups -OCH3 is 2. The molecule has 1 aromatic rings. The Kier molecular flexibility index (Phi) is 4.81. The van der Waals surface area contributed by atoms with Gasteiger partial charge >= 0.3 is 5.97 Å². The zero-order valence-corrected chi connectivity index (χ0v) is 18.5. The van der Waals surface area contributed by atoms with Gasteiger partial charge in [0, 0.05) is 39.7 Å². The standard InChI is InChI=1S/C24H38N2O4/c1-14(2)9-17-13-26-8-7-16-10-21(28-5)22(29-6)11-18(16)19(26)12-20(17)30-24(27)23(25)15(3)4/h10-11,14-15,17,19-20,23H,7-9,12-13,25H2,1-6H3/t17?,19?,20?,23-/m0/s1/i1D3,9D2,14D,19D/t14?,17?,19?,20?,23-. The van der Waals surface area contributed by atoms with Crippen molar-refractivity contribution in [2.24, 2.45) is 23.5 Å². The van der Waals surface area contributed by atoms with Gasteiger partial charge in [-0.15, -0.1) is 0 Å². The predicted molar refractivity (Wildman–Crippen MR) is 118 cm³/mol. The van der Waals surface area contributed by atoms with Gasteiger partial charge in [-0.2, -0.15) is 0 Å². The summed E-state index contributed by atoms with van der Waals surface area (Å²) < 4.78 is 75.9. The molecule has 0 amide bonds. The average molecular weight is 426 g/mol. The molecule has 1 saturated heterocycles. The van der Waals surface area contributed by atoms with Crippen LogP contribution in [0.2, 0.25) is 0 Å². The highest BCUT2D eigenvalue weighted by Gasteiger charge is 2.41. The van der Waals surface area contributed by atoms with Crippen LogP contribution in [0.25, 0.3) is 0 Å². The van der Waals surface area contributed by atoms with Crippen LogP contribution in [0.15, 0.2) is 12.1 Å². The number of nitrogens with zero attached hydrogens (tertiary/aromatic N) is 1. The smallest absolute Gasteiger partial charge is 0.323 e. The lowest BCUT2D eigenvalue weighted by Crippen LogP contribution is -2.51. The lowest BCUT2D eigenvalue weighted by Gasteiger charge is -2.47. The van der Waals surface area contributed by atoms with E-state index in [1.807, 2.05) is 6.07 Å². The minimum Gasteiger partial charge on any atom is -0.493 e. The number of esters is 1. The molecule has 0 aromatic heterocycles. The first kappa shape index (κ1) is 15.1. The van der Waals surface area contributed by atoms with Crippen LogP contribution in [0.3, 0.4) is 0 Å². The molecule has 4 unspecified atom stereocenters. The molecule has 0 aliphatic carbocycles. The number of nitrogens with two attached hydrogens (primary N) is 1. The molecule has 2 aliphatic rings. The number of ether oxygens (including phenoxy) is 3. The van der Waals surface area contributed by atoms with Crippen LogP contribution in [0.5, 0.6) is 11.5 Å². The predicted octanol–water partition coefficient (Wildman–Crippen LogP) is 3.56. The van der Waals surface area contributed by atoms with Crippen LogP contribution < -0.4 is 15.2 Å². The SMILES string of the molecule is [2H]C12CC(OC(=O)[C@@H](N)C(C)C)C(C([2H])([2H])C([2H])(C)C([2H])([2H])[2H])CN1CCc1cc(OC)c(OC)cc12. The minimum absolute atomic E-state index is 0.0797. The molecule has 2 aliphatic heterocycles. The summed E-state index contributed by atoms with van der Waals surface area (Å²) in [5.74, 6) is -3.72. The summed E-state index contributed by atoms with van der Waals surface area (Å²) in [5.41, 5.74) is 7.50. The highest BCUT2D eigenvalue weighted by Crippen LogP contribution is 2.44. The molecule has 3 rings (SSSR count). The maximum absolute atomic E-state index is 12.9. The Morgan fingerprint density at radius 2 is 2.07 bits per heavy atom. The normalized spacial score (nSPS) is 33.6. The van der Waals surface area contributed by atoms with Crippen molar-refractivity contribution in [3.05, 3.63) is 23.3 Å². The molecule has 6 heteroatoms. The Morgan fingerprint density at radius 1 is 1.37 bits per heavy atom. The van der Waals surface area contributed by atoms with E-state index in [1.54, 1.807) is 24.8 Å². The third kappa shape index (κ3) is 4.75. The van der Waals surface area contributed by atoms with E-state index in [9.17, 15) is 6.17 Å².